The number of aliphatic imine (C=N–C) groups is 1. The summed E-state index contributed by atoms with van der Waals surface area (Å²) in [4.78, 5) is 6.86. The van der Waals surface area contributed by atoms with Crippen molar-refractivity contribution in [1.82, 2.24) is 15.5 Å². The number of hydrogen-bond donors (Lipinski definition) is 2. The minimum Gasteiger partial charge on any atom is -0.491 e. The molecule has 0 unspecified atom stereocenters. The Kier molecular flexibility index (Phi) is 7.94. The van der Waals surface area contributed by atoms with Crippen LogP contribution in [0.3, 0.4) is 0 Å². The molecule has 2 aromatic rings. The number of rotatable bonds is 8. The summed E-state index contributed by atoms with van der Waals surface area (Å²) in [6, 6.07) is 17.1. The second-order valence-electron chi connectivity index (χ2n) is 7.89. The van der Waals surface area contributed by atoms with Crippen LogP contribution < -0.4 is 15.4 Å². The monoisotopic (exact) mass is 394 g/mol. The lowest BCUT2D eigenvalue weighted by molar-refractivity contribution is 0.242. The van der Waals surface area contributed by atoms with Crippen molar-refractivity contribution in [2.24, 2.45) is 4.99 Å². The van der Waals surface area contributed by atoms with Crippen LogP contribution in [0.5, 0.6) is 5.75 Å². The van der Waals surface area contributed by atoms with Gasteiger partial charge in [-0.3, -0.25) is 9.89 Å². The summed E-state index contributed by atoms with van der Waals surface area (Å²) in [5.41, 5.74) is 3.81. The van der Waals surface area contributed by atoms with Crippen molar-refractivity contribution in [1.29, 1.82) is 0 Å². The first-order chi connectivity index (χ1) is 14.1. The summed E-state index contributed by atoms with van der Waals surface area (Å²) in [6.45, 7) is 9.06. The number of nitrogens with one attached hydrogen (secondary N) is 2. The number of likely N-dealkylation sites (tertiary alicyclic amines) is 1. The fourth-order valence-electron chi connectivity index (χ4n) is 3.55. The third-order valence-corrected chi connectivity index (χ3v) is 5.04. The Morgan fingerprint density at radius 3 is 2.28 bits per heavy atom. The normalized spacial score (nSPS) is 15.0. The van der Waals surface area contributed by atoms with E-state index in [1.807, 2.05) is 26.0 Å². The average molecular weight is 395 g/mol. The molecule has 0 saturated carbocycles. The van der Waals surface area contributed by atoms with E-state index in [4.69, 9.17) is 4.74 Å². The first kappa shape index (κ1) is 21.2. The molecule has 0 radical (unpaired) electrons. The zero-order valence-electron chi connectivity index (χ0n) is 17.9. The van der Waals surface area contributed by atoms with Crippen LogP contribution in [0, 0.1) is 0 Å². The minimum atomic E-state index is 0.175. The Labute approximate surface area is 175 Å². The Hall–Kier alpha value is -2.53. The van der Waals surface area contributed by atoms with Crippen molar-refractivity contribution in [3.05, 3.63) is 65.2 Å². The molecule has 0 amide bonds. The lowest BCUT2D eigenvalue weighted by Gasteiger charge is -2.15. The fraction of sp³-hybridized carbons (Fsp3) is 0.458. The van der Waals surface area contributed by atoms with E-state index in [2.05, 4.69) is 56.9 Å². The first-order valence-electron chi connectivity index (χ1n) is 10.6. The van der Waals surface area contributed by atoms with Gasteiger partial charge in [0.1, 0.15) is 5.75 Å². The van der Waals surface area contributed by atoms with E-state index in [0.717, 1.165) is 30.4 Å². The van der Waals surface area contributed by atoms with E-state index in [-0.39, 0.29) is 6.10 Å². The maximum atomic E-state index is 5.77. The van der Waals surface area contributed by atoms with Gasteiger partial charge in [0.25, 0.3) is 0 Å². The molecule has 0 aromatic heterocycles. The molecule has 0 bridgehead atoms. The molecule has 1 fully saturated rings. The van der Waals surface area contributed by atoms with Gasteiger partial charge in [0.05, 0.1) is 6.10 Å². The van der Waals surface area contributed by atoms with Crippen LogP contribution in [0.4, 0.5) is 0 Å². The second kappa shape index (κ2) is 10.9. The first-order valence-corrected chi connectivity index (χ1v) is 10.6. The molecule has 0 atom stereocenters. The Balaban J connectivity index is 1.45. The maximum Gasteiger partial charge on any atom is 0.191 e. The van der Waals surface area contributed by atoms with Crippen molar-refractivity contribution in [3.8, 4) is 5.75 Å². The molecule has 1 aliphatic heterocycles. The molecule has 5 heteroatoms. The van der Waals surface area contributed by atoms with Crippen LogP contribution in [0.2, 0.25) is 0 Å². The number of ether oxygens (including phenoxy) is 1. The fourth-order valence-corrected chi connectivity index (χ4v) is 3.55. The van der Waals surface area contributed by atoms with Crippen molar-refractivity contribution >= 4 is 5.96 Å². The molecule has 1 heterocycles. The van der Waals surface area contributed by atoms with Crippen molar-refractivity contribution in [2.75, 3.05) is 20.1 Å². The van der Waals surface area contributed by atoms with E-state index >= 15 is 0 Å². The Morgan fingerprint density at radius 1 is 0.966 bits per heavy atom. The number of benzene rings is 2. The van der Waals surface area contributed by atoms with Crippen LogP contribution >= 0.6 is 0 Å². The van der Waals surface area contributed by atoms with Gasteiger partial charge in [0.2, 0.25) is 0 Å². The topological polar surface area (TPSA) is 48.9 Å². The van der Waals surface area contributed by atoms with Crippen molar-refractivity contribution in [2.45, 2.75) is 52.4 Å². The molecule has 29 heavy (non-hydrogen) atoms. The SMILES string of the molecule is CN=C(NCc1ccc(CN2CCCC2)cc1)NCc1cccc(OC(C)C)c1. The summed E-state index contributed by atoms with van der Waals surface area (Å²) in [5.74, 6) is 1.69. The largest absolute Gasteiger partial charge is 0.491 e. The van der Waals surface area contributed by atoms with Gasteiger partial charge in [-0.05, 0) is 68.6 Å². The zero-order valence-corrected chi connectivity index (χ0v) is 17.9. The lowest BCUT2D eigenvalue weighted by atomic mass is 10.1. The molecule has 3 rings (SSSR count). The lowest BCUT2D eigenvalue weighted by Crippen LogP contribution is -2.36. The Bertz CT molecular complexity index is 780. The van der Waals surface area contributed by atoms with Gasteiger partial charge in [-0.15, -0.1) is 0 Å². The second-order valence-corrected chi connectivity index (χ2v) is 7.89. The van der Waals surface area contributed by atoms with Gasteiger partial charge in [0.15, 0.2) is 5.96 Å². The molecule has 1 saturated heterocycles. The predicted molar refractivity (Wildman–Crippen MR) is 120 cm³/mol. The van der Waals surface area contributed by atoms with Gasteiger partial charge >= 0.3 is 0 Å². The highest BCUT2D eigenvalue weighted by atomic mass is 16.5. The molecule has 5 nitrogen and oxygen atoms in total. The molecular weight excluding hydrogens is 360 g/mol. The van der Waals surface area contributed by atoms with E-state index in [1.54, 1.807) is 7.05 Å². The van der Waals surface area contributed by atoms with Gasteiger partial charge in [-0.2, -0.15) is 0 Å². The van der Waals surface area contributed by atoms with Gasteiger partial charge in [-0.25, -0.2) is 0 Å². The predicted octanol–water partition coefficient (Wildman–Crippen LogP) is 3.93. The third-order valence-electron chi connectivity index (χ3n) is 5.04. The smallest absolute Gasteiger partial charge is 0.191 e. The zero-order chi connectivity index (χ0) is 20.5. The molecule has 2 aromatic carbocycles. The highest BCUT2D eigenvalue weighted by Gasteiger charge is 2.11. The molecule has 0 spiro atoms. The van der Waals surface area contributed by atoms with E-state index in [9.17, 15) is 0 Å². The number of nitrogens with zero attached hydrogens (tertiary/aromatic N) is 2. The molecule has 2 N–H and O–H groups in total. The average Bonchev–Trinajstić information content (AvgIpc) is 3.22. The minimum absolute atomic E-state index is 0.175. The summed E-state index contributed by atoms with van der Waals surface area (Å²) < 4.78 is 5.77. The van der Waals surface area contributed by atoms with Crippen molar-refractivity contribution in [3.63, 3.8) is 0 Å². The van der Waals surface area contributed by atoms with E-state index in [0.29, 0.717) is 6.54 Å². The van der Waals surface area contributed by atoms with E-state index < -0.39 is 0 Å². The maximum absolute atomic E-state index is 5.77. The van der Waals surface area contributed by atoms with Crippen LogP contribution in [0.15, 0.2) is 53.5 Å². The standard InChI is InChI=1S/C24H34N4O/c1-19(2)29-23-8-6-7-22(15-23)17-27-24(25-3)26-16-20-9-11-21(12-10-20)18-28-13-4-5-14-28/h6-12,15,19H,4-5,13-14,16-18H2,1-3H3,(H2,25,26,27). The van der Waals surface area contributed by atoms with Crippen LogP contribution in [0.1, 0.15) is 43.4 Å². The van der Waals surface area contributed by atoms with Gasteiger partial charge in [0, 0.05) is 26.7 Å². The van der Waals surface area contributed by atoms with Gasteiger partial charge < -0.3 is 15.4 Å². The highest BCUT2D eigenvalue weighted by molar-refractivity contribution is 5.79. The highest BCUT2D eigenvalue weighted by Crippen LogP contribution is 2.15. The molecule has 0 aliphatic carbocycles. The molecule has 156 valence electrons. The van der Waals surface area contributed by atoms with Crippen LogP contribution in [-0.2, 0) is 19.6 Å². The summed E-state index contributed by atoms with van der Waals surface area (Å²) in [7, 11) is 1.80. The molecule has 1 aliphatic rings. The third kappa shape index (κ3) is 7.09. The Morgan fingerprint density at radius 2 is 1.62 bits per heavy atom. The molecular formula is C24H34N4O. The quantitative estimate of drug-likeness (QED) is 0.526. The van der Waals surface area contributed by atoms with E-state index in [1.165, 1.54) is 37.1 Å². The summed E-state index contributed by atoms with van der Waals surface area (Å²) >= 11 is 0. The summed E-state index contributed by atoms with van der Waals surface area (Å²) in [6.07, 6.45) is 2.85. The summed E-state index contributed by atoms with van der Waals surface area (Å²) in [5, 5.41) is 6.77. The van der Waals surface area contributed by atoms with Crippen LogP contribution in [0.25, 0.3) is 0 Å². The van der Waals surface area contributed by atoms with Crippen molar-refractivity contribution < 1.29 is 4.74 Å². The van der Waals surface area contributed by atoms with Crippen LogP contribution in [-0.4, -0.2) is 37.1 Å². The number of guanidine groups is 1. The van der Waals surface area contributed by atoms with Gasteiger partial charge in [-0.1, -0.05) is 36.4 Å². The number of hydrogen-bond acceptors (Lipinski definition) is 3.